The molecule has 0 amide bonds. The summed E-state index contributed by atoms with van der Waals surface area (Å²) in [4.78, 5) is -0.0110. The third kappa shape index (κ3) is 2.16. The number of hydrogen-bond donors (Lipinski definition) is 1. The molecule has 1 aromatic rings. The normalized spacial score (nSPS) is 27.7. The molecular weight excluding hydrogens is 291 g/mol. The van der Waals surface area contributed by atoms with Gasteiger partial charge >= 0.3 is 0 Å². The molecule has 0 spiro atoms. The first-order chi connectivity index (χ1) is 9.00. The lowest BCUT2D eigenvalue weighted by Gasteiger charge is -2.23. The highest BCUT2D eigenvalue weighted by atomic mass is 35.5. The molecule has 3 rings (SSSR count). The zero-order valence-corrected chi connectivity index (χ0v) is 11.7. The zero-order chi connectivity index (χ0) is 13.6. The minimum absolute atomic E-state index is 0.00822. The summed E-state index contributed by atoms with van der Waals surface area (Å²) in [6, 6.07) is 3.39. The lowest BCUT2D eigenvalue weighted by atomic mass is 10.1. The second kappa shape index (κ2) is 4.70. The van der Waals surface area contributed by atoms with Crippen LogP contribution in [0.25, 0.3) is 0 Å². The summed E-state index contributed by atoms with van der Waals surface area (Å²) >= 11 is 5.87. The number of nitrogens with zero attached hydrogens (tertiary/aromatic N) is 1. The van der Waals surface area contributed by atoms with Crippen molar-refractivity contribution in [3.63, 3.8) is 0 Å². The predicted octanol–water partition coefficient (Wildman–Crippen LogP) is 1.46. The molecule has 104 valence electrons. The lowest BCUT2D eigenvalue weighted by Crippen LogP contribution is -2.39. The van der Waals surface area contributed by atoms with Crippen LogP contribution < -0.4 is 5.32 Å². The fourth-order valence-electron chi connectivity index (χ4n) is 2.92. The van der Waals surface area contributed by atoms with E-state index >= 15 is 0 Å². The smallest absolute Gasteiger partial charge is 0.244 e. The Labute approximate surface area is 116 Å². The van der Waals surface area contributed by atoms with E-state index in [2.05, 4.69) is 5.32 Å². The van der Waals surface area contributed by atoms with E-state index in [0.717, 1.165) is 25.1 Å². The number of nitrogens with one attached hydrogen (secondary N) is 1. The van der Waals surface area contributed by atoms with Crippen LogP contribution >= 0.6 is 11.6 Å². The molecule has 2 fully saturated rings. The van der Waals surface area contributed by atoms with Gasteiger partial charge in [0.05, 0.1) is 5.02 Å². The third-order valence-corrected chi connectivity index (χ3v) is 6.28. The van der Waals surface area contributed by atoms with Gasteiger partial charge in [-0.15, -0.1) is 0 Å². The van der Waals surface area contributed by atoms with Crippen molar-refractivity contribution >= 4 is 21.6 Å². The van der Waals surface area contributed by atoms with Crippen molar-refractivity contribution in [1.29, 1.82) is 0 Å². The quantitative estimate of drug-likeness (QED) is 0.900. The van der Waals surface area contributed by atoms with Gasteiger partial charge in [-0.05, 0) is 37.1 Å². The van der Waals surface area contributed by atoms with Crippen molar-refractivity contribution in [1.82, 2.24) is 9.62 Å². The molecular formula is C12H14ClFN2O2S. The number of hydrogen-bond acceptors (Lipinski definition) is 3. The summed E-state index contributed by atoms with van der Waals surface area (Å²) in [6.45, 7) is 2.03. The van der Waals surface area contributed by atoms with E-state index in [0.29, 0.717) is 19.0 Å². The maximum Gasteiger partial charge on any atom is 0.244 e. The van der Waals surface area contributed by atoms with Gasteiger partial charge < -0.3 is 5.32 Å². The highest BCUT2D eigenvalue weighted by molar-refractivity contribution is 7.89. The van der Waals surface area contributed by atoms with Gasteiger partial charge in [0.2, 0.25) is 10.0 Å². The van der Waals surface area contributed by atoms with E-state index in [9.17, 15) is 12.8 Å². The van der Waals surface area contributed by atoms with Crippen LogP contribution in [-0.4, -0.2) is 38.4 Å². The molecule has 0 unspecified atom stereocenters. The minimum Gasteiger partial charge on any atom is -0.315 e. The molecule has 7 heteroatoms. The maximum atomic E-state index is 13.0. The molecule has 2 heterocycles. The van der Waals surface area contributed by atoms with Gasteiger partial charge in [0, 0.05) is 19.1 Å². The van der Waals surface area contributed by atoms with Gasteiger partial charge in [-0.25, -0.2) is 12.8 Å². The standard InChI is InChI=1S/C12H14ClFN2O2S/c13-10-5-9(14)1-2-12(10)19(17,18)16-4-3-8-6-15-7-11(8)16/h1-2,5,8,11,15H,3-4,6-7H2/t8-,11+/m0/s1. The van der Waals surface area contributed by atoms with Crippen LogP contribution in [-0.2, 0) is 10.0 Å². The number of benzene rings is 1. The Morgan fingerprint density at radius 1 is 1.37 bits per heavy atom. The molecule has 2 atom stereocenters. The van der Waals surface area contributed by atoms with Crippen LogP contribution in [0.1, 0.15) is 6.42 Å². The Morgan fingerprint density at radius 3 is 2.89 bits per heavy atom. The van der Waals surface area contributed by atoms with E-state index in [1.54, 1.807) is 0 Å². The van der Waals surface area contributed by atoms with Crippen molar-refractivity contribution in [2.45, 2.75) is 17.4 Å². The van der Waals surface area contributed by atoms with E-state index in [1.807, 2.05) is 0 Å². The van der Waals surface area contributed by atoms with Gasteiger partial charge in [0.25, 0.3) is 0 Å². The van der Waals surface area contributed by atoms with Crippen molar-refractivity contribution in [3.05, 3.63) is 29.0 Å². The van der Waals surface area contributed by atoms with E-state index < -0.39 is 15.8 Å². The molecule has 1 N–H and O–H groups in total. The summed E-state index contributed by atoms with van der Waals surface area (Å²) in [6.07, 6.45) is 0.857. The Balaban J connectivity index is 1.98. The Kier molecular flexibility index (Phi) is 3.29. The van der Waals surface area contributed by atoms with Crippen molar-refractivity contribution in [2.75, 3.05) is 19.6 Å². The van der Waals surface area contributed by atoms with E-state index in [4.69, 9.17) is 11.6 Å². The monoisotopic (exact) mass is 304 g/mol. The molecule has 2 aliphatic heterocycles. The van der Waals surface area contributed by atoms with Gasteiger partial charge in [-0.1, -0.05) is 11.6 Å². The Bertz CT molecular complexity index is 608. The summed E-state index contributed by atoms with van der Waals surface area (Å²) in [5.74, 6) is -0.167. The lowest BCUT2D eigenvalue weighted by molar-refractivity contribution is 0.383. The summed E-state index contributed by atoms with van der Waals surface area (Å²) < 4.78 is 39.7. The van der Waals surface area contributed by atoms with Crippen LogP contribution in [0, 0.1) is 11.7 Å². The summed E-state index contributed by atoms with van der Waals surface area (Å²) in [7, 11) is -3.65. The molecule has 19 heavy (non-hydrogen) atoms. The van der Waals surface area contributed by atoms with Gasteiger partial charge in [-0.3, -0.25) is 0 Å². The van der Waals surface area contributed by atoms with Gasteiger partial charge in [0.1, 0.15) is 10.7 Å². The Morgan fingerprint density at radius 2 is 2.16 bits per heavy atom. The second-order valence-corrected chi connectivity index (χ2v) is 7.23. The SMILES string of the molecule is O=S(=O)(c1ccc(F)cc1Cl)N1CC[C@H]2CNC[C@H]21. The second-order valence-electron chi connectivity index (χ2n) is 4.96. The molecule has 0 radical (unpaired) electrons. The van der Waals surface area contributed by atoms with E-state index in [1.165, 1.54) is 10.4 Å². The largest absolute Gasteiger partial charge is 0.315 e. The van der Waals surface area contributed by atoms with Crippen LogP contribution in [0.4, 0.5) is 4.39 Å². The number of sulfonamides is 1. The first-order valence-electron chi connectivity index (χ1n) is 6.18. The molecule has 2 aliphatic rings. The van der Waals surface area contributed by atoms with Crippen LogP contribution in [0.2, 0.25) is 5.02 Å². The van der Waals surface area contributed by atoms with Crippen LogP contribution in [0.5, 0.6) is 0 Å². The first kappa shape index (κ1) is 13.3. The average molecular weight is 305 g/mol. The minimum atomic E-state index is -3.65. The molecule has 0 aromatic heterocycles. The van der Waals surface area contributed by atoms with E-state index in [-0.39, 0.29) is 16.0 Å². The topological polar surface area (TPSA) is 49.4 Å². The first-order valence-corrected chi connectivity index (χ1v) is 7.99. The molecule has 0 aliphatic carbocycles. The highest BCUT2D eigenvalue weighted by Gasteiger charge is 2.44. The Hall–Kier alpha value is -0.690. The predicted molar refractivity (Wildman–Crippen MR) is 70.1 cm³/mol. The number of fused-ring (bicyclic) bond motifs is 1. The molecule has 2 saturated heterocycles. The molecule has 4 nitrogen and oxygen atoms in total. The molecule has 0 saturated carbocycles. The fourth-order valence-corrected chi connectivity index (χ4v) is 5.13. The molecule has 0 bridgehead atoms. The number of rotatable bonds is 2. The fraction of sp³-hybridized carbons (Fsp3) is 0.500. The third-order valence-electron chi connectivity index (χ3n) is 3.87. The van der Waals surface area contributed by atoms with Crippen molar-refractivity contribution in [2.24, 2.45) is 5.92 Å². The average Bonchev–Trinajstić information content (AvgIpc) is 2.88. The van der Waals surface area contributed by atoms with Crippen molar-refractivity contribution < 1.29 is 12.8 Å². The highest BCUT2D eigenvalue weighted by Crippen LogP contribution is 2.34. The zero-order valence-electron chi connectivity index (χ0n) is 10.1. The number of halogens is 2. The van der Waals surface area contributed by atoms with Gasteiger partial charge in [-0.2, -0.15) is 4.31 Å². The van der Waals surface area contributed by atoms with Gasteiger partial charge in [0.15, 0.2) is 0 Å². The van der Waals surface area contributed by atoms with Crippen molar-refractivity contribution in [3.8, 4) is 0 Å². The van der Waals surface area contributed by atoms with Crippen LogP contribution in [0.15, 0.2) is 23.1 Å². The summed E-state index contributed by atoms with van der Waals surface area (Å²) in [5, 5.41) is 3.14. The maximum absolute atomic E-state index is 13.0. The van der Waals surface area contributed by atoms with Crippen LogP contribution in [0.3, 0.4) is 0 Å². The molecule has 1 aromatic carbocycles. The summed E-state index contributed by atoms with van der Waals surface area (Å²) in [5.41, 5.74) is 0.